The molecule has 6 N–H and O–H groups in total. The number of aliphatic carboxylic acids is 1. The number of hydrogen-bond acceptors (Lipinski definition) is 8. The highest BCUT2D eigenvalue weighted by atomic mass is 16.7. The minimum atomic E-state index is -1.65. The lowest BCUT2D eigenvalue weighted by Gasteiger charge is -2.45. The number of rotatable bonds is 10. The second-order valence-electron chi connectivity index (χ2n) is 10.9. The Bertz CT molecular complexity index is 741. The van der Waals surface area contributed by atoms with Crippen molar-refractivity contribution in [2.24, 2.45) is 29.4 Å². The van der Waals surface area contributed by atoms with Crippen molar-refractivity contribution in [3.05, 3.63) is 24.3 Å². The zero-order valence-electron chi connectivity index (χ0n) is 21.8. The van der Waals surface area contributed by atoms with Crippen LogP contribution >= 0.6 is 0 Å². The smallest absolute Gasteiger partial charge is 0.311 e. The number of aliphatic hydroxyl groups excluding tert-OH is 2. The summed E-state index contributed by atoms with van der Waals surface area (Å²) in [5, 5.41) is 42.1. The van der Waals surface area contributed by atoms with Gasteiger partial charge in [0.25, 0.3) is 0 Å². The van der Waals surface area contributed by atoms with Gasteiger partial charge >= 0.3 is 5.97 Å². The van der Waals surface area contributed by atoms with Crippen LogP contribution in [0.15, 0.2) is 24.3 Å². The fourth-order valence-electron chi connectivity index (χ4n) is 4.78. The SMILES string of the molecule is CC(C)/C=C/C=C/C(C[C@@H]1O[C@](O)(CC(C)C)C[C@H](O)[C@H]1C(=O)O)O[C@@H]1O[C@H](C)[C@@H](C)[C@H](N)[C@@H]1O. The van der Waals surface area contributed by atoms with E-state index in [-0.39, 0.29) is 37.2 Å². The first kappa shape index (κ1) is 29.9. The largest absolute Gasteiger partial charge is 0.481 e. The molecule has 9 nitrogen and oxygen atoms in total. The first-order valence-corrected chi connectivity index (χ1v) is 12.6. The summed E-state index contributed by atoms with van der Waals surface area (Å²) in [6.07, 6.45) is 2.03. The van der Waals surface area contributed by atoms with Crippen molar-refractivity contribution in [2.45, 2.75) is 109 Å². The lowest BCUT2D eigenvalue weighted by atomic mass is 9.82. The predicted molar refractivity (Wildman–Crippen MR) is 131 cm³/mol. The average Bonchev–Trinajstić information content (AvgIpc) is 2.71. The Morgan fingerprint density at radius 2 is 1.80 bits per heavy atom. The van der Waals surface area contributed by atoms with Gasteiger partial charge in [-0.3, -0.25) is 4.79 Å². The third-order valence-electron chi connectivity index (χ3n) is 6.80. The Hall–Kier alpha value is -1.33. The van der Waals surface area contributed by atoms with Crippen LogP contribution in [0, 0.1) is 23.7 Å². The first-order valence-electron chi connectivity index (χ1n) is 12.6. The van der Waals surface area contributed by atoms with Crippen LogP contribution in [0.4, 0.5) is 0 Å². The number of allylic oxidation sites excluding steroid dienone is 3. The summed E-state index contributed by atoms with van der Waals surface area (Å²) in [7, 11) is 0. The van der Waals surface area contributed by atoms with E-state index in [0.717, 1.165) is 0 Å². The molecule has 10 atom stereocenters. The number of aliphatic hydroxyl groups is 3. The van der Waals surface area contributed by atoms with E-state index in [9.17, 15) is 25.2 Å². The van der Waals surface area contributed by atoms with Gasteiger partial charge in [0, 0.05) is 25.3 Å². The van der Waals surface area contributed by atoms with Crippen molar-refractivity contribution in [1.82, 2.24) is 0 Å². The molecule has 1 unspecified atom stereocenters. The lowest BCUT2D eigenvalue weighted by Crippen LogP contribution is -2.58. The Morgan fingerprint density at radius 1 is 1.17 bits per heavy atom. The third kappa shape index (κ3) is 8.35. The van der Waals surface area contributed by atoms with Crippen LogP contribution < -0.4 is 5.73 Å². The van der Waals surface area contributed by atoms with Crippen molar-refractivity contribution >= 4 is 5.97 Å². The van der Waals surface area contributed by atoms with Gasteiger partial charge < -0.3 is 40.4 Å². The zero-order chi connectivity index (χ0) is 26.5. The van der Waals surface area contributed by atoms with E-state index < -0.39 is 54.4 Å². The lowest BCUT2D eigenvalue weighted by molar-refractivity contribution is -0.304. The summed E-state index contributed by atoms with van der Waals surface area (Å²) < 4.78 is 17.9. The highest BCUT2D eigenvalue weighted by Crippen LogP contribution is 2.38. The van der Waals surface area contributed by atoms with E-state index in [4.69, 9.17) is 19.9 Å². The van der Waals surface area contributed by atoms with Crippen LogP contribution in [0.3, 0.4) is 0 Å². The molecule has 0 spiro atoms. The summed E-state index contributed by atoms with van der Waals surface area (Å²) in [6.45, 7) is 11.7. The number of carboxylic acids is 1. The van der Waals surface area contributed by atoms with Gasteiger partial charge in [0.15, 0.2) is 12.1 Å². The standard InChI is InChI=1S/C26H45NO8/c1-14(2)9-7-8-10-18(34-25-23(29)22(27)16(5)17(6)33-25)11-20-21(24(30)31)19(28)13-26(32,35-20)12-15(3)4/h7-10,14-23,25,28-29,32H,11-13,27H2,1-6H3,(H,30,31)/b9-7+,10-8+/t16-,17-,18?,19+,20+,21-,22+,23+,25+,26-/m1/s1. The second kappa shape index (κ2) is 12.8. The Kier molecular flexibility index (Phi) is 10.9. The zero-order valence-corrected chi connectivity index (χ0v) is 21.8. The molecule has 0 aromatic carbocycles. The van der Waals surface area contributed by atoms with Gasteiger partial charge in [-0.2, -0.15) is 0 Å². The molecule has 9 heteroatoms. The van der Waals surface area contributed by atoms with Gasteiger partial charge in [-0.25, -0.2) is 0 Å². The molecule has 0 aliphatic carbocycles. The van der Waals surface area contributed by atoms with Crippen molar-refractivity contribution < 1.29 is 39.4 Å². The number of ether oxygens (including phenoxy) is 3. The number of nitrogens with two attached hydrogens (primary N) is 1. The molecule has 0 bridgehead atoms. The molecule has 0 aromatic heterocycles. The third-order valence-corrected chi connectivity index (χ3v) is 6.80. The monoisotopic (exact) mass is 499 g/mol. The Balaban J connectivity index is 2.30. The van der Waals surface area contributed by atoms with Crippen LogP contribution in [-0.2, 0) is 19.0 Å². The topological polar surface area (TPSA) is 152 Å². The minimum absolute atomic E-state index is 0.0200. The van der Waals surface area contributed by atoms with Gasteiger partial charge in [0.05, 0.1) is 24.4 Å². The molecule has 0 aromatic rings. The van der Waals surface area contributed by atoms with Gasteiger partial charge in [-0.1, -0.05) is 58.9 Å². The maximum Gasteiger partial charge on any atom is 0.311 e. The summed E-state index contributed by atoms with van der Waals surface area (Å²) in [6, 6.07) is -0.551. The first-order chi connectivity index (χ1) is 16.2. The average molecular weight is 500 g/mol. The van der Waals surface area contributed by atoms with Crippen LogP contribution in [0.25, 0.3) is 0 Å². The van der Waals surface area contributed by atoms with Crippen LogP contribution in [0.5, 0.6) is 0 Å². The molecule has 2 fully saturated rings. The molecule has 0 saturated carbocycles. The second-order valence-corrected chi connectivity index (χ2v) is 10.9. The van der Waals surface area contributed by atoms with Gasteiger partial charge in [-0.05, 0) is 24.7 Å². The number of carboxylic acid groups (broad SMARTS) is 1. The number of hydrogen-bond donors (Lipinski definition) is 5. The summed E-state index contributed by atoms with van der Waals surface area (Å²) in [5.74, 6) is -3.78. The van der Waals surface area contributed by atoms with Crippen molar-refractivity contribution in [3.63, 3.8) is 0 Å². The molecule has 2 rings (SSSR count). The molecular weight excluding hydrogens is 454 g/mol. The van der Waals surface area contributed by atoms with E-state index in [1.54, 1.807) is 12.2 Å². The Labute approximate surface area is 208 Å². The quantitative estimate of drug-likeness (QED) is 0.285. The van der Waals surface area contributed by atoms with E-state index in [1.165, 1.54) is 0 Å². The normalized spacial score (nSPS) is 39.7. The molecule has 0 radical (unpaired) electrons. The molecule has 202 valence electrons. The minimum Gasteiger partial charge on any atom is -0.481 e. The highest BCUT2D eigenvalue weighted by molar-refractivity contribution is 5.71. The van der Waals surface area contributed by atoms with E-state index in [2.05, 4.69) is 0 Å². The van der Waals surface area contributed by atoms with Crippen LogP contribution in [-0.4, -0.2) is 75.0 Å². The van der Waals surface area contributed by atoms with Crippen molar-refractivity contribution in [1.29, 1.82) is 0 Å². The van der Waals surface area contributed by atoms with E-state index >= 15 is 0 Å². The predicted octanol–water partition coefficient (Wildman–Crippen LogP) is 2.18. The maximum atomic E-state index is 12.0. The van der Waals surface area contributed by atoms with Crippen LogP contribution in [0.1, 0.15) is 60.8 Å². The van der Waals surface area contributed by atoms with Crippen molar-refractivity contribution in [2.75, 3.05) is 0 Å². The van der Waals surface area contributed by atoms with E-state index in [0.29, 0.717) is 5.92 Å². The van der Waals surface area contributed by atoms with Crippen LogP contribution in [0.2, 0.25) is 0 Å². The molecule has 2 saturated heterocycles. The fraction of sp³-hybridized carbons (Fsp3) is 0.808. The summed E-state index contributed by atoms with van der Waals surface area (Å²) >= 11 is 0. The van der Waals surface area contributed by atoms with Crippen molar-refractivity contribution in [3.8, 4) is 0 Å². The Morgan fingerprint density at radius 3 is 2.37 bits per heavy atom. The molecule has 2 heterocycles. The maximum absolute atomic E-state index is 12.0. The molecule has 2 aliphatic heterocycles. The fourth-order valence-corrected chi connectivity index (χ4v) is 4.78. The van der Waals surface area contributed by atoms with Gasteiger partial charge in [-0.15, -0.1) is 0 Å². The molecule has 0 amide bonds. The van der Waals surface area contributed by atoms with Gasteiger partial charge in [0.1, 0.15) is 12.0 Å². The van der Waals surface area contributed by atoms with Gasteiger partial charge in [0.2, 0.25) is 0 Å². The molecule has 35 heavy (non-hydrogen) atoms. The highest BCUT2D eigenvalue weighted by Gasteiger charge is 2.50. The molecule has 2 aliphatic rings. The molecular formula is C26H45NO8. The summed E-state index contributed by atoms with van der Waals surface area (Å²) in [4.78, 5) is 12.0. The summed E-state index contributed by atoms with van der Waals surface area (Å²) in [5.41, 5.74) is 6.17. The van der Waals surface area contributed by atoms with E-state index in [1.807, 2.05) is 53.7 Å². The number of carbonyl (C=O) groups is 1.